The molecule has 5 heteroatoms. The fourth-order valence-electron chi connectivity index (χ4n) is 4.10. The Morgan fingerprint density at radius 1 is 1.26 bits per heavy atom. The van der Waals surface area contributed by atoms with E-state index < -0.39 is 5.60 Å². The highest BCUT2D eigenvalue weighted by molar-refractivity contribution is 6.06. The summed E-state index contributed by atoms with van der Waals surface area (Å²) in [6.07, 6.45) is 3.08. The van der Waals surface area contributed by atoms with Crippen LogP contribution in [-0.2, 0) is 6.42 Å². The van der Waals surface area contributed by atoms with Gasteiger partial charge in [0.25, 0.3) is 5.91 Å². The van der Waals surface area contributed by atoms with E-state index in [0.29, 0.717) is 26.1 Å². The van der Waals surface area contributed by atoms with Crippen LogP contribution in [0.25, 0.3) is 10.9 Å². The van der Waals surface area contributed by atoms with Crippen LogP contribution < -0.4 is 0 Å². The first-order valence-electron chi connectivity index (χ1n) is 9.88. The van der Waals surface area contributed by atoms with Crippen molar-refractivity contribution in [3.63, 3.8) is 0 Å². The summed E-state index contributed by atoms with van der Waals surface area (Å²) < 4.78 is 0. The number of hydrogen-bond acceptors (Lipinski definition) is 4. The maximum Gasteiger partial charge on any atom is 0.254 e. The molecule has 3 rings (SSSR count). The summed E-state index contributed by atoms with van der Waals surface area (Å²) in [6.45, 7) is 5.95. The van der Waals surface area contributed by atoms with Crippen LogP contribution >= 0.6 is 0 Å². The standard InChI is InChI=1S/C22H31N3O2/c1-5-17-7-8-20-18(14-17)19(13-16(2)23-20)21(26)25-11-6-9-22(27,10-12-25)15-24(3)4/h7-8,13-14,27H,5-6,9-12,15H2,1-4H3/t22-/m1/s1. The van der Waals surface area contributed by atoms with Crippen molar-refractivity contribution in [1.82, 2.24) is 14.8 Å². The normalized spacial score (nSPS) is 20.9. The fourth-order valence-corrected chi connectivity index (χ4v) is 4.10. The largest absolute Gasteiger partial charge is 0.388 e. The summed E-state index contributed by atoms with van der Waals surface area (Å²) in [5.74, 6) is 0.0489. The van der Waals surface area contributed by atoms with Gasteiger partial charge in [-0.3, -0.25) is 9.78 Å². The molecule has 0 unspecified atom stereocenters. The molecule has 1 aliphatic heterocycles. The van der Waals surface area contributed by atoms with Crippen molar-refractivity contribution in [2.24, 2.45) is 0 Å². The van der Waals surface area contributed by atoms with Gasteiger partial charge in [-0.1, -0.05) is 13.0 Å². The van der Waals surface area contributed by atoms with Crippen molar-refractivity contribution in [3.8, 4) is 0 Å². The minimum absolute atomic E-state index is 0.0489. The van der Waals surface area contributed by atoms with E-state index in [1.165, 1.54) is 5.56 Å². The molecule has 2 aromatic rings. The number of pyridine rings is 1. The summed E-state index contributed by atoms with van der Waals surface area (Å²) in [4.78, 5) is 21.9. The molecule has 2 heterocycles. The number of hydrogen-bond donors (Lipinski definition) is 1. The van der Waals surface area contributed by atoms with Gasteiger partial charge in [-0.15, -0.1) is 0 Å². The van der Waals surface area contributed by atoms with Gasteiger partial charge < -0.3 is 14.9 Å². The smallest absolute Gasteiger partial charge is 0.254 e. The maximum absolute atomic E-state index is 13.4. The minimum Gasteiger partial charge on any atom is -0.388 e. The first-order valence-corrected chi connectivity index (χ1v) is 9.88. The second-order valence-electron chi connectivity index (χ2n) is 8.12. The van der Waals surface area contributed by atoms with E-state index in [-0.39, 0.29) is 5.91 Å². The Balaban J connectivity index is 1.89. The van der Waals surface area contributed by atoms with E-state index in [0.717, 1.165) is 41.4 Å². The van der Waals surface area contributed by atoms with Crippen LogP contribution in [0.5, 0.6) is 0 Å². The first kappa shape index (κ1) is 19.8. The molecule has 0 aliphatic carbocycles. The van der Waals surface area contributed by atoms with Crippen molar-refractivity contribution in [2.75, 3.05) is 33.7 Å². The number of aliphatic hydroxyl groups is 1. The van der Waals surface area contributed by atoms with E-state index >= 15 is 0 Å². The van der Waals surface area contributed by atoms with Crippen molar-refractivity contribution >= 4 is 16.8 Å². The van der Waals surface area contributed by atoms with E-state index in [4.69, 9.17) is 0 Å². The van der Waals surface area contributed by atoms with E-state index in [2.05, 4.69) is 24.0 Å². The van der Waals surface area contributed by atoms with Gasteiger partial charge in [0.1, 0.15) is 0 Å². The number of likely N-dealkylation sites (N-methyl/N-ethyl adjacent to an activating group) is 1. The number of benzene rings is 1. The molecule has 0 spiro atoms. The molecule has 0 saturated carbocycles. The van der Waals surface area contributed by atoms with Crippen LogP contribution in [0.4, 0.5) is 0 Å². The summed E-state index contributed by atoms with van der Waals surface area (Å²) in [6, 6.07) is 8.09. The van der Waals surface area contributed by atoms with Crippen LogP contribution in [-0.4, -0.2) is 65.1 Å². The van der Waals surface area contributed by atoms with Crippen LogP contribution in [0.15, 0.2) is 24.3 Å². The second kappa shape index (κ2) is 7.95. The summed E-state index contributed by atoms with van der Waals surface area (Å²) >= 11 is 0. The quantitative estimate of drug-likeness (QED) is 0.900. The van der Waals surface area contributed by atoms with Crippen molar-refractivity contribution in [1.29, 1.82) is 0 Å². The molecule has 0 bridgehead atoms. The van der Waals surface area contributed by atoms with Crippen molar-refractivity contribution < 1.29 is 9.90 Å². The second-order valence-corrected chi connectivity index (χ2v) is 8.12. The Labute approximate surface area is 162 Å². The third kappa shape index (κ3) is 4.47. The molecule has 1 aliphatic rings. The lowest BCUT2D eigenvalue weighted by molar-refractivity contribution is 0.00305. The lowest BCUT2D eigenvalue weighted by Crippen LogP contribution is -2.41. The van der Waals surface area contributed by atoms with E-state index in [9.17, 15) is 9.90 Å². The number of fused-ring (bicyclic) bond motifs is 1. The number of aryl methyl sites for hydroxylation is 2. The summed E-state index contributed by atoms with van der Waals surface area (Å²) in [5.41, 5.74) is 2.94. The highest BCUT2D eigenvalue weighted by Gasteiger charge is 2.32. The van der Waals surface area contributed by atoms with Gasteiger partial charge in [0.15, 0.2) is 0 Å². The van der Waals surface area contributed by atoms with Crippen LogP contribution in [0.2, 0.25) is 0 Å². The molecular weight excluding hydrogens is 338 g/mol. The van der Waals surface area contributed by atoms with Crippen LogP contribution in [0.1, 0.15) is 47.8 Å². The van der Waals surface area contributed by atoms with Crippen molar-refractivity contribution in [2.45, 2.75) is 45.1 Å². The average molecular weight is 370 g/mol. The number of carbonyl (C=O) groups is 1. The Kier molecular flexibility index (Phi) is 5.82. The van der Waals surface area contributed by atoms with Gasteiger partial charge in [-0.05, 0) is 70.5 Å². The molecule has 1 N–H and O–H groups in total. The van der Waals surface area contributed by atoms with Gasteiger partial charge in [0, 0.05) is 30.7 Å². The van der Waals surface area contributed by atoms with Crippen LogP contribution in [0, 0.1) is 6.92 Å². The highest BCUT2D eigenvalue weighted by atomic mass is 16.3. The molecule has 1 aromatic carbocycles. The van der Waals surface area contributed by atoms with Gasteiger partial charge in [-0.2, -0.15) is 0 Å². The lowest BCUT2D eigenvalue weighted by Gasteiger charge is -2.30. The molecule has 1 saturated heterocycles. The predicted molar refractivity (Wildman–Crippen MR) is 109 cm³/mol. The lowest BCUT2D eigenvalue weighted by atomic mass is 9.94. The molecular formula is C22H31N3O2. The zero-order chi connectivity index (χ0) is 19.6. The average Bonchev–Trinajstić information content (AvgIpc) is 2.81. The fraction of sp³-hybridized carbons (Fsp3) is 0.545. The third-order valence-corrected chi connectivity index (χ3v) is 5.45. The number of likely N-dealkylation sites (tertiary alicyclic amines) is 1. The predicted octanol–water partition coefficient (Wildman–Crippen LogP) is 3.02. The molecule has 1 aromatic heterocycles. The topological polar surface area (TPSA) is 56.7 Å². The third-order valence-electron chi connectivity index (χ3n) is 5.45. The molecule has 5 nitrogen and oxygen atoms in total. The highest BCUT2D eigenvalue weighted by Crippen LogP contribution is 2.26. The molecule has 0 radical (unpaired) electrons. The van der Waals surface area contributed by atoms with E-state index in [1.807, 2.05) is 43.0 Å². The minimum atomic E-state index is -0.718. The summed E-state index contributed by atoms with van der Waals surface area (Å²) in [7, 11) is 3.95. The maximum atomic E-state index is 13.4. The number of rotatable bonds is 4. The molecule has 1 amide bonds. The summed E-state index contributed by atoms with van der Waals surface area (Å²) in [5, 5.41) is 11.8. The first-order chi connectivity index (χ1) is 12.8. The van der Waals surface area contributed by atoms with Gasteiger partial charge in [-0.25, -0.2) is 0 Å². The SMILES string of the molecule is CCc1ccc2nc(C)cc(C(=O)N3CCC[C@](O)(CN(C)C)CC3)c2c1. The van der Waals surface area contributed by atoms with Crippen LogP contribution in [0.3, 0.4) is 0 Å². The van der Waals surface area contributed by atoms with Gasteiger partial charge >= 0.3 is 0 Å². The Morgan fingerprint density at radius 3 is 2.74 bits per heavy atom. The molecule has 146 valence electrons. The monoisotopic (exact) mass is 369 g/mol. The molecule has 27 heavy (non-hydrogen) atoms. The van der Waals surface area contributed by atoms with Gasteiger partial charge in [0.05, 0.1) is 16.7 Å². The number of carbonyl (C=O) groups excluding carboxylic acids is 1. The van der Waals surface area contributed by atoms with Gasteiger partial charge in [0.2, 0.25) is 0 Å². The zero-order valence-corrected chi connectivity index (χ0v) is 17.0. The molecule has 1 fully saturated rings. The Morgan fingerprint density at radius 2 is 2.04 bits per heavy atom. The zero-order valence-electron chi connectivity index (χ0n) is 17.0. The Bertz CT molecular complexity index is 834. The number of aromatic nitrogens is 1. The number of amides is 1. The molecule has 1 atom stereocenters. The van der Waals surface area contributed by atoms with Crippen molar-refractivity contribution in [3.05, 3.63) is 41.1 Å². The van der Waals surface area contributed by atoms with E-state index in [1.54, 1.807) is 0 Å². The number of nitrogens with zero attached hydrogens (tertiary/aromatic N) is 3. The Hall–Kier alpha value is -1.98.